The van der Waals surface area contributed by atoms with E-state index in [0.717, 1.165) is 22.6 Å². The molecule has 0 N–H and O–H groups in total. The number of hydrogen-bond acceptors (Lipinski definition) is 6. The molecule has 6 nitrogen and oxygen atoms in total. The lowest BCUT2D eigenvalue weighted by Crippen LogP contribution is -2.49. The van der Waals surface area contributed by atoms with Crippen molar-refractivity contribution in [1.29, 1.82) is 0 Å². The quantitative estimate of drug-likeness (QED) is 0.819. The molecule has 2 aromatic carbocycles. The van der Waals surface area contributed by atoms with E-state index >= 15 is 0 Å². The van der Waals surface area contributed by atoms with E-state index < -0.39 is 12.6 Å². The summed E-state index contributed by atoms with van der Waals surface area (Å²) in [6.45, 7) is 2.05. The molecule has 0 unspecified atom stereocenters. The predicted molar refractivity (Wildman–Crippen MR) is 97.7 cm³/mol. The van der Waals surface area contributed by atoms with Gasteiger partial charge in [-0.1, -0.05) is 24.3 Å². The fourth-order valence-corrected chi connectivity index (χ4v) is 3.32. The van der Waals surface area contributed by atoms with Gasteiger partial charge in [-0.05, 0) is 24.3 Å². The SMILES string of the molecule is COc1cccc(C2OCC3(CO2)COC(c2cccc(OC)c2)OC3)c1. The van der Waals surface area contributed by atoms with Gasteiger partial charge < -0.3 is 28.4 Å². The lowest BCUT2D eigenvalue weighted by Gasteiger charge is -2.43. The van der Waals surface area contributed by atoms with Gasteiger partial charge in [-0.25, -0.2) is 0 Å². The molecule has 0 bridgehead atoms. The van der Waals surface area contributed by atoms with Crippen LogP contribution in [0, 0.1) is 5.41 Å². The van der Waals surface area contributed by atoms with E-state index in [4.69, 9.17) is 28.4 Å². The summed E-state index contributed by atoms with van der Waals surface area (Å²) in [7, 11) is 3.29. The van der Waals surface area contributed by atoms with Gasteiger partial charge in [0.25, 0.3) is 0 Å². The summed E-state index contributed by atoms with van der Waals surface area (Å²) in [5.41, 5.74) is 1.59. The van der Waals surface area contributed by atoms with Crippen LogP contribution in [-0.2, 0) is 18.9 Å². The van der Waals surface area contributed by atoms with Crippen molar-refractivity contribution in [2.45, 2.75) is 12.6 Å². The smallest absolute Gasteiger partial charge is 0.183 e. The standard InChI is InChI=1S/C21H24O6/c1-22-17-7-3-5-15(9-17)19-24-11-21(12-25-19)13-26-20(27-14-21)16-6-4-8-18(10-16)23-2/h3-10,19-20H,11-14H2,1-2H3. The highest BCUT2D eigenvalue weighted by molar-refractivity contribution is 5.30. The number of hydrogen-bond donors (Lipinski definition) is 0. The second-order valence-electron chi connectivity index (χ2n) is 6.96. The third-order valence-corrected chi connectivity index (χ3v) is 4.90. The van der Waals surface area contributed by atoms with Crippen LogP contribution in [0.25, 0.3) is 0 Å². The van der Waals surface area contributed by atoms with Crippen molar-refractivity contribution in [3.05, 3.63) is 59.7 Å². The Morgan fingerprint density at radius 2 is 1.11 bits per heavy atom. The maximum absolute atomic E-state index is 5.98. The van der Waals surface area contributed by atoms with E-state index in [0.29, 0.717) is 26.4 Å². The topological polar surface area (TPSA) is 55.4 Å². The molecule has 6 heteroatoms. The molecule has 2 heterocycles. The van der Waals surface area contributed by atoms with E-state index in [2.05, 4.69) is 0 Å². The minimum Gasteiger partial charge on any atom is -0.497 e. The minimum atomic E-state index is -0.401. The van der Waals surface area contributed by atoms with Crippen molar-refractivity contribution < 1.29 is 28.4 Å². The molecule has 1 spiro atoms. The Bertz CT molecular complexity index is 692. The van der Waals surface area contributed by atoms with Gasteiger partial charge in [0, 0.05) is 11.1 Å². The predicted octanol–water partition coefficient (Wildman–Crippen LogP) is 3.48. The first-order valence-electron chi connectivity index (χ1n) is 8.96. The monoisotopic (exact) mass is 372 g/mol. The van der Waals surface area contributed by atoms with E-state index in [9.17, 15) is 0 Å². The molecule has 0 aromatic heterocycles. The Hall–Kier alpha value is -2.12. The molecule has 0 radical (unpaired) electrons. The van der Waals surface area contributed by atoms with Gasteiger partial charge >= 0.3 is 0 Å². The van der Waals surface area contributed by atoms with Crippen LogP contribution in [-0.4, -0.2) is 40.6 Å². The normalized spacial score (nSPS) is 28.1. The van der Waals surface area contributed by atoms with Crippen molar-refractivity contribution in [2.24, 2.45) is 5.41 Å². The fourth-order valence-electron chi connectivity index (χ4n) is 3.32. The Morgan fingerprint density at radius 3 is 1.48 bits per heavy atom. The van der Waals surface area contributed by atoms with Crippen LogP contribution in [0.4, 0.5) is 0 Å². The van der Waals surface area contributed by atoms with Crippen molar-refractivity contribution >= 4 is 0 Å². The maximum Gasteiger partial charge on any atom is 0.183 e. The van der Waals surface area contributed by atoms with Gasteiger partial charge in [-0.2, -0.15) is 0 Å². The first kappa shape index (κ1) is 18.3. The Balaban J connectivity index is 1.35. The summed E-state index contributed by atoms with van der Waals surface area (Å²) in [4.78, 5) is 0. The fraction of sp³-hybridized carbons (Fsp3) is 0.429. The molecule has 0 saturated carbocycles. The number of methoxy groups -OCH3 is 2. The third kappa shape index (κ3) is 3.94. The second kappa shape index (κ2) is 7.86. The Labute approximate surface area is 158 Å². The highest BCUT2D eigenvalue weighted by Gasteiger charge is 2.42. The first-order valence-corrected chi connectivity index (χ1v) is 8.96. The zero-order chi connectivity index (χ0) is 18.7. The lowest BCUT2D eigenvalue weighted by molar-refractivity contribution is -0.307. The van der Waals surface area contributed by atoms with Crippen molar-refractivity contribution in [3.63, 3.8) is 0 Å². The molecule has 2 aromatic rings. The van der Waals surface area contributed by atoms with E-state index in [1.807, 2.05) is 48.5 Å². The van der Waals surface area contributed by atoms with Gasteiger partial charge in [0.2, 0.25) is 0 Å². The number of ether oxygens (including phenoxy) is 6. The van der Waals surface area contributed by atoms with Crippen molar-refractivity contribution in [2.75, 3.05) is 40.6 Å². The molecule has 4 rings (SSSR count). The van der Waals surface area contributed by atoms with Crippen LogP contribution >= 0.6 is 0 Å². The van der Waals surface area contributed by atoms with Crippen LogP contribution in [0.2, 0.25) is 0 Å². The zero-order valence-corrected chi connectivity index (χ0v) is 15.6. The molecule has 2 aliphatic heterocycles. The minimum absolute atomic E-state index is 0.287. The highest BCUT2D eigenvalue weighted by Crippen LogP contribution is 2.38. The van der Waals surface area contributed by atoms with Gasteiger partial charge in [0.05, 0.1) is 46.1 Å². The van der Waals surface area contributed by atoms with Crippen LogP contribution < -0.4 is 9.47 Å². The maximum atomic E-state index is 5.98. The number of benzene rings is 2. The Morgan fingerprint density at radius 1 is 0.704 bits per heavy atom. The summed E-state index contributed by atoms with van der Waals surface area (Å²) >= 11 is 0. The van der Waals surface area contributed by atoms with Crippen LogP contribution in [0.5, 0.6) is 11.5 Å². The highest BCUT2D eigenvalue weighted by atomic mass is 16.7. The summed E-state index contributed by atoms with van der Waals surface area (Å²) in [6.07, 6.45) is -0.802. The van der Waals surface area contributed by atoms with E-state index in [-0.39, 0.29) is 5.41 Å². The summed E-state index contributed by atoms with van der Waals surface area (Å²) in [6, 6.07) is 15.4. The van der Waals surface area contributed by atoms with Crippen molar-refractivity contribution in [3.8, 4) is 11.5 Å². The molecule has 27 heavy (non-hydrogen) atoms. The largest absolute Gasteiger partial charge is 0.497 e. The van der Waals surface area contributed by atoms with E-state index in [1.54, 1.807) is 14.2 Å². The summed E-state index contributed by atoms with van der Waals surface area (Å²) < 4.78 is 34.4. The second-order valence-corrected chi connectivity index (χ2v) is 6.96. The summed E-state index contributed by atoms with van der Waals surface area (Å²) in [5, 5.41) is 0. The molecular weight excluding hydrogens is 348 g/mol. The summed E-state index contributed by atoms with van der Waals surface area (Å²) in [5.74, 6) is 1.57. The Kier molecular flexibility index (Phi) is 5.31. The third-order valence-electron chi connectivity index (χ3n) is 4.90. The van der Waals surface area contributed by atoms with Crippen LogP contribution in [0.15, 0.2) is 48.5 Å². The van der Waals surface area contributed by atoms with Gasteiger partial charge in [-0.3, -0.25) is 0 Å². The van der Waals surface area contributed by atoms with Gasteiger partial charge in [0.15, 0.2) is 12.6 Å². The first-order chi connectivity index (χ1) is 13.2. The van der Waals surface area contributed by atoms with Gasteiger partial charge in [-0.15, -0.1) is 0 Å². The van der Waals surface area contributed by atoms with Crippen molar-refractivity contribution in [1.82, 2.24) is 0 Å². The molecule has 2 fully saturated rings. The molecule has 0 aliphatic carbocycles. The van der Waals surface area contributed by atoms with Crippen LogP contribution in [0.3, 0.4) is 0 Å². The molecule has 2 saturated heterocycles. The molecule has 0 atom stereocenters. The average molecular weight is 372 g/mol. The molecule has 0 amide bonds. The van der Waals surface area contributed by atoms with Gasteiger partial charge in [0.1, 0.15) is 11.5 Å². The van der Waals surface area contributed by atoms with Crippen LogP contribution in [0.1, 0.15) is 23.7 Å². The van der Waals surface area contributed by atoms with E-state index in [1.165, 1.54) is 0 Å². The molecule has 2 aliphatic rings. The molecular formula is C21H24O6. The average Bonchev–Trinajstić information content (AvgIpc) is 2.75. The molecule has 144 valence electrons. The zero-order valence-electron chi connectivity index (χ0n) is 15.6. The number of rotatable bonds is 4. The lowest BCUT2D eigenvalue weighted by atomic mass is 9.90.